The highest BCUT2D eigenvalue weighted by molar-refractivity contribution is 5.37. The van der Waals surface area contributed by atoms with Crippen LogP contribution in [0.2, 0.25) is 0 Å². The van der Waals surface area contributed by atoms with Crippen LogP contribution in [0.5, 0.6) is 5.88 Å². The Morgan fingerprint density at radius 1 is 1.44 bits per heavy atom. The molecule has 3 heterocycles. The molecule has 3 rings (SSSR count). The quantitative estimate of drug-likeness (QED) is 0.780. The summed E-state index contributed by atoms with van der Waals surface area (Å²) in [6.07, 6.45) is 0.911. The minimum Gasteiger partial charge on any atom is -0.480 e. The Labute approximate surface area is 92.6 Å². The van der Waals surface area contributed by atoms with Crippen LogP contribution in [0, 0.1) is 5.92 Å². The Bertz CT molecular complexity index is 505. The lowest BCUT2D eigenvalue weighted by molar-refractivity contribution is 0.337. The Morgan fingerprint density at radius 2 is 2.31 bits per heavy atom. The lowest BCUT2D eigenvalue weighted by Gasteiger charge is -2.25. The molecule has 0 amide bonds. The summed E-state index contributed by atoms with van der Waals surface area (Å²) in [5.74, 6) is 2.14. The molecular formula is C10H13N5O. The zero-order valence-electron chi connectivity index (χ0n) is 9.05. The fourth-order valence-corrected chi connectivity index (χ4v) is 1.80. The minimum atomic E-state index is 0.584. The summed E-state index contributed by atoms with van der Waals surface area (Å²) in [5, 5.41) is 15.8. The van der Waals surface area contributed by atoms with Crippen LogP contribution in [-0.2, 0) is 6.42 Å². The fraction of sp³-hybridized carbons (Fsp3) is 0.500. The summed E-state index contributed by atoms with van der Waals surface area (Å²) in [7, 11) is 1.61. The van der Waals surface area contributed by atoms with Crippen LogP contribution in [-0.4, -0.2) is 40.0 Å². The molecule has 0 radical (unpaired) electrons. The second-order valence-corrected chi connectivity index (χ2v) is 3.99. The molecule has 1 aliphatic rings. The normalized spacial score (nSPS) is 16.3. The summed E-state index contributed by atoms with van der Waals surface area (Å²) in [5.41, 5.74) is 0.767. The average molecular weight is 219 g/mol. The molecule has 1 fully saturated rings. The second-order valence-electron chi connectivity index (χ2n) is 3.99. The van der Waals surface area contributed by atoms with E-state index in [1.165, 1.54) is 0 Å². The third-order valence-electron chi connectivity index (χ3n) is 2.85. The number of aromatic nitrogens is 4. The van der Waals surface area contributed by atoms with Gasteiger partial charge in [0.15, 0.2) is 11.5 Å². The topological polar surface area (TPSA) is 64.3 Å². The summed E-state index contributed by atoms with van der Waals surface area (Å²) in [4.78, 5) is 0. The van der Waals surface area contributed by atoms with Crippen molar-refractivity contribution in [3.8, 4) is 5.88 Å². The van der Waals surface area contributed by atoms with E-state index in [1.54, 1.807) is 17.7 Å². The van der Waals surface area contributed by atoms with Crippen molar-refractivity contribution in [2.75, 3.05) is 20.2 Å². The number of nitrogens with one attached hydrogen (secondary N) is 1. The molecule has 2 aromatic rings. The van der Waals surface area contributed by atoms with Crippen LogP contribution < -0.4 is 10.1 Å². The van der Waals surface area contributed by atoms with E-state index < -0.39 is 0 Å². The van der Waals surface area contributed by atoms with Gasteiger partial charge in [-0.3, -0.25) is 0 Å². The molecule has 0 atom stereocenters. The molecule has 0 unspecified atom stereocenters. The summed E-state index contributed by atoms with van der Waals surface area (Å²) in [6.45, 7) is 2.11. The molecule has 1 aliphatic heterocycles. The number of ether oxygens (including phenoxy) is 1. The number of rotatable bonds is 3. The van der Waals surface area contributed by atoms with Gasteiger partial charge in [-0.25, -0.2) is 0 Å². The van der Waals surface area contributed by atoms with Gasteiger partial charge in [-0.2, -0.15) is 4.52 Å². The Hall–Kier alpha value is -1.69. The Kier molecular flexibility index (Phi) is 2.21. The van der Waals surface area contributed by atoms with Gasteiger partial charge in [0.05, 0.1) is 7.11 Å². The minimum absolute atomic E-state index is 0.584. The highest BCUT2D eigenvalue weighted by atomic mass is 16.5. The molecule has 6 heteroatoms. The van der Waals surface area contributed by atoms with Gasteiger partial charge in [-0.1, -0.05) is 0 Å². The largest absolute Gasteiger partial charge is 0.480 e. The first-order valence-corrected chi connectivity index (χ1v) is 5.33. The Balaban J connectivity index is 1.96. The number of hydrogen-bond donors (Lipinski definition) is 1. The molecule has 84 valence electrons. The number of methoxy groups -OCH3 is 1. The molecule has 0 bridgehead atoms. The maximum Gasteiger partial charge on any atom is 0.231 e. The highest BCUT2D eigenvalue weighted by Crippen LogP contribution is 2.13. The van der Waals surface area contributed by atoms with Gasteiger partial charge >= 0.3 is 0 Å². The fourth-order valence-electron chi connectivity index (χ4n) is 1.80. The maximum atomic E-state index is 5.09. The highest BCUT2D eigenvalue weighted by Gasteiger charge is 2.20. The molecule has 16 heavy (non-hydrogen) atoms. The summed E-state index contributed by atoms with van der Waals surface area (Å²) < 4.78 is 6.85. The van der Waals surface area contributed by atoms with Crippen molar-refractivity contribution in [2.45, 2.75) is 6.42 Å². The smallest absolute Gasteiger partial charge is 0.231 e. The van der Waals surface area contributed by atoms with Crippen LogP contribution in [0.15, 0.2) is 12.1 Å². The maximum absolute atomic E-state index is 5.09. The van der Waals surface area contributed by atoms with E-state index >= 15 is 0 Å². The molecule has 0 aromatic carbocycles. The van der Waals surface area contributed by atoms with Crippen LogP contribution >= 0.6 is 0 Å². The van der Waals surface area contributed by atoms with Crippen molar-refractivity contribution in [1.82, 2.24) is 25.1 Å². The van der Waals surface area contributed by atoms with Crippen molar-refractivity contribution in [1.29, 1.82) is 0 Å². The Morgan fingerprint density at radius 3 is 3.00 bits per heavy atom. The first-order chi connectivity index (χ1) is 7.86. The third kappa shape index (κ3) is 1.51. The van der Waals surface area contributed by atoms with E-state index in [9.17, 15) is 0 Å². The van der Waals surface area contributed by atoms with E-state index in [4.69, 9.17) is 4.74 Å². The summed E-state index contributed by atoms with van der Waals surface area (Å²) >= 11 is 0. The van der Waals surface area contributed by atoms with Gasteiger partial charge in [0.25, 0.3) is 0 Å². The average Bonchev–Trinajstić information content (AvgIpc) is 2.65. The van der Waals surface area contributed by atoms with E-state index in [-0.39, 0.29) is 0 Å². The van der Waals surface area contributed by atoms with Gasteiger partial charge in [0.2, 0.25) is 5.88 Å². The van der Waals surface area contributed by atoms with Crippen molar-refractivity contribution < 1.29 is 4.74 Å². The molecule has 1 saturated heterocycles. The monoisotopic (exact) mass is 219 g/mol. The predicted molar refractivity (Wildman–Crippen MR) is 57.4 cm³/mol. The lowest BCUT2D eigenvalue weighted by atomic mass is 9.99. The predicted octanol–water partition coefficient (Wildman–Crippen LogP) is -0.105. The van der Waals surface area contributed by atoms with Crippen molar-refractivity contribution in [3.63, 3.8) is 0 Å². The van der Waals surface area contributed by atoms with E-state index in [0.29, 0.717) is 11.8 Å². The molecule has 2 aromatic heterocycles. The van der Waals surface area contributed by atoms with Crippen LogP contribution in [0.1, 0.15) is 5.82 Å². The molecule has 0 aliphatic carbocycles. The van der Waals surface area contributed by atoms with E-state index in [0.717, 1.165) is 31.0 Å². The first kappa shape index (κ1) is 9.53. The van der Waals surface area contributed by atoms with Crippen molar-refractivity contribution in [2.24, 2.45) is 5.92 Å². The number of nitrogens with zero attached hydrogens (tertiary/aromatic N) is 4. The standard InChI is InChI=1S/C10H13N5O/c1-16-10-3-2-8-12-13-9(15(8)14-10)4-7-5-11-6-7/h2-3,7,11H,4-6H2,1H3. The van der Waals surface area contributed by atoms with Gasteiger partial charge in [0, 0.05) is 12.5 Å². The van der Waals surface area contributed by atoms with Gasteiger partial charge < -0.3 is 10.1 Å². The molecule has 6 nitrogen and oxygen atoms in total. The number of hydrogen-bond acceptors (Lipinski definition) is 5. The van der Waals surface area contributed by atoms with Crippen LogP contribution in [0.4, 0.5) is 0 Å². The van der Waals surface area contributed by atoms with Crippen LogP contribution in [0.25, 0.3) is 5.65 Å². The molecule has 1 N–H and O–H groups in total. The van der Waals surface area contributed by atoms with Gasteiger partial charge in [-0.05, 0) is 25.1 Å². The van der Waals surface area contributed by atoms with Crippen molar-refractivity contribution >= 4 is 5.65 Å². The zero-order chi connectivity index (χ0) is 11.0. The zero-order valence-corrected chi connectivity index (χ0v) is 9.05. The molecular weight excluding hydrogens is 206 g/mol. The SMILES string of the molecule is COc1ccc2nnc(CC3CNC3)n2n1. The summed E-state index contributed by atoms with van der Waals surface area (Å²) in [6, 6.07) is 3.65. The third-order valence-corrected chi connectivity index (χ3v) is 2.85. The molecule has 0 spiro atoms. The molecule has 0 saturated carbocycles. The van der Waals surface area contributed by atoms with Crippen molar-refractivity contribution in [3.05, 3.63) is 18.0 Å². The van der Waals surface area contributed by atoms with E-state index in [2.05, 4.69) is 20.6 Å². The lowest BCUT2D eigenvalue weighted by Crippen LogP contribution is -2.43. The second kappa shape index (κ2) is 3.71. The van der Waals surface area contributed by atoms with E-state index in [1.807, 2.05) is 6.07 Å². The number of fused-ring (bicyclic) bond motifs is 1. The van der Waals surface area contributed by atoms with Gasteiger partial charge in [0.1, 0.15) is 0 Å². The van der Waals surface area contributed by atoms with Gasteiger partial charge in [-0.15, -0.1) is 15.3 Å². The van der Waals surface area contributed by atoms with Crippen LogP contribution in [0.3, 0.4) is 0 Å². The first-order valence-electron chi connectivity index (χ1n) is 5.33.